The zero-order valence-corrected chi connectivity index (χ0v) is 22.9. The van der Waals surface area contributed by atoms with Crippen molar-refractivity contribution in [2.45, 2.75) is 49.1 Å². The monoisotopic (exact) mass is 652 g/mol. The first-order chi connectivity index (χ1) is 21.6. The van der Waals surface area contributed by atoms with Gasteiger partial charge in [0.05, 0.1) is 30.1 Å². The predicted octanol–water partition coefficient (Wildman–Crippen LogP) is -1.95. The first kappa shape index (κ1) is 32.0. The second-order valence-corrected chi connectivity index (χ2v) is 10.4. The SMILES string of the molecule is O=C(O)C[C@@H]1C(=O)O[C@H]2[C@H](O)[C@@H](CO)O[C@@H](OC(=O)c3cc(O)c(O)c(O)c3)[C@@H]2OC(=O)c2cc(O)c(O)c3c2C1[C@H](O)C(=O)O3. The molecule has 9 N–H and O–H groups in total. The number of ether oxygens (including phenoxy) is 5. The maximum Gasteiger partial charge on any atom is 0.341 e. The molecule has 19 nitrogen and oxygen atoms in total. The number of phenolic OH excluding ortho intramolecular Hbond substituents is 5. The van der Waals surface area contributed by atoms with Gasteiger partial charge in [0, 0.05) is 11.5 Å². The van der Waals surface area contributed by atoms with Gasteiger partial charge in [0.2, 0.25) is 18.1 Å². The minimum atomic E-state index is -2.33. The molecule has 0 aliphatic carbocycles. The number of hydrogen-bond donors (Lipinski definition) is 9. The summed E-state index contributed by atoms with van der Waals surface area (Å²) >= 11 is 0. The minimum Gasteiger partial charge on any atom is -0.504 e. The molecule has 3 aliphatic rings. The van der Waals surface area contributed by atoms with Crippen molar-refractivity contribution in [3.05, 3.63) is 34.9 Å². The molecule has 2 aromatic rings. The van der Waals surface area contributed by atoms with Crippen molar-refractivity contribution in [1.29, 1.82) is 0 Å². The number of esters is 4. The molecule has 1 fully saturated rings. The molecule has 19 heteroatoms. The van der Waals surface area contributed by atoms with Gasteiger partial charge in [0.1, 0.15) is 12.2 Å². The van der Waals surface area contributed by atoms with Crippen LogP contribution in [0.25, 0.3) is 0 Å². The fraction of sp³-hybridized carbons (Fsp3) is 0.370. The largest absolute Gasteiger partial charge is 0.504 e. The van der Waals surface area contributed by atoms with Crippen LogP contribution >= 0.6 is 0 Å². The number of aromatic hydroxyl groups is 5. The summed E-state index contributed by atoms with van der Waals surface area (Å²) in [6.45, 7) is -1.02. The van der Waals surface area contributed by atoms with Crippen molar-refractivity contribution < 1.29 is 93.6 Å². The molecule has 0 bridgehead atoms. The molecule has 0 radical (unpaired) electrons. The van der Waals surface area contributed by atoms with Crippen LogP contribution in [-0.4, -0.2) is 119 Å². The molecule has 0 spiro atoms. The summed E-state index contributed by atoms with van der Waals surface area (Å²) < 4.78 is 26.2. The van der Waals surface area contributed by atoms with E-state index in [1.807, 2.05) is 0 Å². The number of benzene rings is 2. The van der Waals surface area contributed by atoms with Gasteiger partial charge in [-0.15, -0.1) is 0 Å². The lowest BCUT2D eigenvalue weighted by Crippen LogP contribution is -2.62. The smallest absolute Gasteiger partial charge is 0.341 e. The molecular weight excluding hydrogens is 628 g/mol. The number of carboxylic acids is 1. The van der Waals surface area contributed by atoms with Gasteiger partial charge in [-0.1, -0.05) is 0 Å². The molecule has 246 valence electrons. The third kappa shape index (κ3) is 5.40. The fourth-order valence-electron chi connectivity index (χ4n) is 5.38. The van der Waals surface area contributed by atoms with Crippen LogP contribution in [0.15, 0.2) is 18.2 Å². The molecule has 1 saturated heterocycles. The van der Waals surface area contributed by atoms with Gasteiger partial charge in [-0.05, 0) is 18.2 Å². The van der Waals surface area contributed by atoms with E-state index in [1.54, 1.807) is 0 Å². The van der Waals surface area contributed by atoms with E-state index in [2.05, 4.69) is 0 Å². The average Bonchev–Trinajstić information content (AvgIpc) is 2.99. The second kappa shape index (κ2) is 11.9. The minimum absolute atomic E-state index is 0.592. The van der Waals surface area contributed by atoms with Crippen LogP contribution in [0, 0.1) is 5.92 Å². The summed E-state index contributed by atoms with van der Waals surface area (Å²) in [7, 11) is 0. The van der Waals surface area contributed by atoms with Crippen LogP contribution in [-0.2, 0) is 33.3 Å². The summed E-state index contributed by atoms with van der Waals surface area (Å²) in [5.41, 5.74) is -2.01. The lowest BCUT2D eigenvalue weighted by Gasteiger charge is -2.44. The molecule has 3 aliphatic heterocycles. The Morgan fingerprint density at radius 2 is 1.48 bits per heavy atom. The van der Waals surface area contributed by atoms with Crippen molar-refractivity contribution in [2.24, 2.45) is 5.92 Å². The van der Waals surface area contributed by atoms with Gasteiger partial charge in [-0.25, -0.2) is 14.4 Å². The van der Waals surface area contributed by atoms with Crippen LogP contribution in [0.2, 0.25) is 0 Å². The van der Waals surface area contributed by atoms with Gasteiger partial charge < -0.3 is 69.6 Å². The van der Waals surface area contributed by atoms with E-state index in [0.717, 1.165) is 0 Å². The topological polar surface area (TPSA) is 314 Å². The molecule has 46 heavy (non-hydrogen) atoms. The maximum atomic E-state index is 13.6. The molecular formula is C27H24O19. The van der Waals surface area contributed by atoms with Crippen molar-refractivity contribution in [3.8, 4) is 34.5 Å². The third-order valence-corrected chi connectivity index (χ3v) is 7.56. The highest BCUT2D eigenvalue weighted by molar-refractivity contribution is 5.97. The quantitative estimate of drug-likeness (QED) is 0.0733. The number of carboxylic acid groups (broad SMARTS) is 1. The molecule has 0 saturated carbocycles. The van der Waals surface area contributed by atoms with E-state index in [0.29, 0.717) is 18.2 Å². The van der Waals surface area contributed by atoms with Crippen molar-refractivity contribution in [2.75, 3.05) is 6.61 Å². The fourth-order valence-corrected chi connectivity index (χ4v) is 5.38. The van der Waals surface area contributed by atoms with E-state index in [9.17, 15) is 69.9 Å². The van der Waals surface area contributed by atoms with Crippen molar-refractivity contribution >= 4 is 29.8 Å². The zero-order chi connectivity index (χ0) is 33.8. The maximum absolute atomic E-state index is 13.6. The number of carbonyl (C=O) groups is 5. The predicted molar refractivity (Wildman–Crippen MR) is 138 cm³/mol. The Bertz CT molecular complexity index is 1610. The molecule has 0 amide bonds. The first-order valence-electron chi connectivity index (χ1n) is 13.2. The van der Waals surface area contributed by atoms with Gasteiger partial charge in [-0.2, -0.15) is 0 Å². The highest BCUT2D eigenvalue weighted by Crippen LogP contribution is 2.51. The zero-order valence-electron chi connectivity index (χ0n) is 22.9. The molecule has 8 atom stereocenters. The summed E-state index contributed by atoms with van der Waals surface area (Å²) in [5, 5.41) is 91.0. The number of aliphatic hydroxyl groups is 3. The number of aliphatic hydroxyl groups excluding tert-OH is 3. The summed E-state index contributed by atoms with van der Waals surface area (Å²) in [4.78, 5) is 64.6. The third-order valence-electron chi connectivity index (χ3n) is 7.56. The highest BCUT2D eigenvalue weighted by atomic mass is 16.7. The first-order valence-corrected chi connectivity index (χ1v) is 13.2. The molecule has 3 heterocycles. The number of hydrogen-bond acceptors (Lipinski definition) is 18. The number of carbonyl (C=O) groups excluding carboxylic acids is 4. The molecule has 1 unspecified atom stereocenters. The number of fused-ring (bicyclic) bond motifs is 1. The Kier molecular flexibility index (Phi) is 8.26. The van der Waals surface area contributed by atoms with E-state index in [-0.39, 0.29) is 0 Å². The van der Waals surface area contributed by atoms with Crippen molar-refractivity contribution in [3.63, 3.8) is 0 Å². The normalized spacial score (nSPS) is 28.9. The van der Waals surface area contributed by atoms with E-state index in [1.165, 1.54) is 0 Å². The Labute approximate surface area is 254 Å². The van der Waals surface area contributed by atoms with Crippen LogP contribution < -0.4 is 4.74 Å². The van der Waals surface area contributed by atoms with E-state index >= 15 is 0 Å². The standard InChI is InChI=1S/C27H24O19/c28-5-12-18(36)21-22(27(42-12)46-23(38)6-1-9(29)16(34)10(30)2-6)45-24(39)7-3-11(31)17(35)20-15(7)14(19(37)26(41)43-20)8(4-13(32)33)25(40)44-21/h1-3,8,12,14,18-19,21-22,27-31,34-37H,4-5H2,(H,32,33)/t8-,12+,14?,18+,19-,21-,22+,27-/m0/s1. The van der Waals surface area contributed by atoms with Gasteiger partial charge in [-0.3, -0.25) is 9.59 Å². The average molecular weight is 652 g/mol. The van der Waals surface area contributed by atoms with Gasteiger partial charge in [0.25, 0.3) is 0 Å². The van der Waals surface area contributed by atoms with Crippen LogP contribution in [0.4, 0.5) is 0 Å². The summed E-state index contributed by atoms with van der Waals surface area (Å²) in [5.74, 6) is -17.6. The van der Waals surface area contributed by atoms with Gasteiger partial charge >= 0.3 is 29.8 Å². The summed E-state index contributed by atoms with van der Waals surface area (Å²) in [6, 6.07) is 1.93. The Morgan fingerprint density at radius 1 is 0.848 bits per heavy atom. The number of rotatable bonds is 5. The van der Waals surface area contributed by atoms with Crippen LogP contribution in [0.5, 0.6) is 34.5 Å². The molecule has 0 aromatic heterocycles. The second-order valence-electron chi connectivity index (χ2n) is 10.4. The lowest BCUT2D eigenvalue weighted by molar-refractivity contribution is -0.288. The lowest BCUT2D eigenvalue weighted by atomic mass is 9.76. The van der Waals surface area contributed by atoms with Crippen molar-refractivity contribution in [1.82, 2.24) is 0 Å². The number of aliphatic carboxylic acids is 1. The van der Waals surface area contributed by atoms with Gasteiger partial charge in [0.15, 0.2) is 41.0 Å². The Morgan fingerprint density at radius 3 is 2.09 bits per heavy atom. The Balaban J connectivity index is 1.65. The number of phenols is 5. The van der Waals surface area contributed by atoms with Crippen LogP contribution in [0.3, 0.4) is 0 Å². The van der Waals surface area contributed by atoms with E-state index < -0.39 is 143 Å². The Hall–Kier alpha value is -5.37. The van der Waals surface area contributed by atoms with Crippen LogP contribution in [0.1, 0.15) is 38.6 Å². The van der Waals surface area contributed by atoms with E-state index in [4.69, 9.17) is 23.7 Å². The molecule has 2 aromatic carbocycles. The highest BCUT2D eigenvalue weighted by Gasteiger charge is 2.55. The molecule has 5 rings (SSSR count). The summed E-state index contributed by atoms with van der Waals surface area (Å²) in [6.07, 6.45) is -13.7.